The third-order valence-electron chi connectivity index (χ3n) is 5.41. The Morgan fingerprint density at radius 3 is 2.61 bits per heavy atom. The molecule has 1 unspecified atom stereocenters. The Labute approximate surface area is 184 Å². The van der Waals surface area contributed by atoms with E-state index in [1.165, 1.54) is 16.2 Å². The normalized spacial score (nSPS) is 17.9. The molecule has 1 amide bonds. The van der Waals surface area contributed by atoms with Gasteiger partial charge in [-0.2, -0.15) is 0 Å². The van der Waals surface area contributed by atoms with Crippen LogP contribution in [0.2, 0.25) is 0 Å². The number of aliphatic hydroxyl groups is 1. The second-order valence-corrected chi connectivity index (χ2v) is 8.43. The number of methoxy groups -OCH3 is 1. The number of likely N-dealkylation sites (tertiary alicyclic amines) is 1. The lowest BCUT2D eigenvalue weighted by molar-refractivity contribution is -0.140. The van der Waals surface area contributed by atoms with Crippen molar-refractivity contribution in [2.45, 2.75) is 26.4 Å². The van der Waals surface area contributed by atoms with Gasteiger partial charge in [-0.15, -0.1) is 11.3 Å². The van der Waals surface area contributed by atoms with Crippen LogP contribution in [-0.2, 0) is 16.1 Å². The minimum atomic E-state index is -0.773. The lowest BCUT2D eigenvalue weighted by atomic mass is 9.95. The van der Waals surface area contributed by atoms with Gasteiger partial charge in [-0.1, -0.05) is 12.1 Å². The number of Topliss-reactive ketones (excluding diaryl/α,β-unsaturated/α-hetero) is 1. The summed E-state index contributed by atoms with van der Waals surface area (Å²) in [7, 11) is 1.58. The smallest absolute Gasteiger partial charge is 0.296 e. The fourth-order valence-electron chi connectivity index (χ4n) is 3.87. The number of carbonyl (C=O) groups is 2. The average molecular weight is 435 g/mol. The van der Waals surface area contributed by atoms with Crippen LogP contribution in [0.1, 0.15) is 33.3 Å². The summed E-state index contributed by atoms with van der Waals surface area (Å²) in [4.78, 5) is 32.9. The van der Waals surface area contributed by atoms with Gasteiger partial charge in [0, 0.05) is 16.6 Å². The summed E-state index contributed by atoms with van der Waals surface area (Å²) in [5.41, 5.74) is 2.63. The number of nitrogens with zero attached hydrogens (tertiary/aromatic N) is 2. The molecule has 1 atom stereocenters. The van der Waals surface area contributed by atoms with Gasteiger partial charge in [0.1, 0.15) is 17.6 Å². The molecule has 4 rings (SSSR count). The van der Waals surface area contributed by atoms with E-state index >= 15 is 0 Å². The van der Waals surface area contributed by atoms with E-state index in [0.29, 0.717) is 17.0 Å². The van der Waals surface area contributed by atoms with Gasteiger partial charge in [-0.05, 0) is 60.7 Å². The van der Waals surface area contributed by atoms with Crippen molar-refractivity contribution < 1.29 is 19.4 Å². The van der Waals surface area contributed by atoms with Crippen molar-refractivity contribution in [3.05, 3.63) is 86.9 Å². The molecule has 0 saturated carbocycles. The average Bonchev–Trinajstić information content (AvgIpc) is 3.37. The summed E-state index contributed by atoms with van der Waals surface area (Å²) in [5, 5.41) is 13.2. The minimum absolute atomic E-state index is 0.0490. The number of aryl methyl sites for hydroxylation is 2. The lowest BCUT2D eigenvalue weighted by Crippen LogP contribution is -2.29. The maximum atomic E-state index is 13.1. The van der Waals surface area contributed by atoms with Crippen molar-refractivity contribution in [1.29, 1.82) is 0 Å². The highest BCUT2D eigenvalue weighted by atomic mass is 32.1. The maximum Gasteiger partial charge on any atom is 0.296 e. The number of hydrogen-bond donors (Lipinski definition) is 1. The third-order valence-corrected chi connectivity index (χ3v) is 6.27. The van der Waals surface area contributed by atoms with E-state index in [1.54, 1.807) is 37.6 Å². The van der Waals surface area contributed by atoms with Crippen molar-refractivity contribution in [2.75, 3.05) is 7.11 Å². The van der Waals surface area contributed by atoms with Gasteiger partial charge >= 0.3 is 0 Å². The van der Waals surface area contributed by atoms with Gasteiger partial charge in [-0.3, -0.25) is 14.6 Å². The van der Waals surface area contributed by atoms with Crippen LogP contribution >= 0.6 is 11.3 Å². The Balaban J connectivity index is 1.89. The first kappa shape index (κ1) is 20.8. The zero-order chi connectivity index (χ0) is 22.1. The van der Waals surface area contributed by atoms with E-state index in [1.807, 2.05) is 37.4 Å². The zero-order valence-corrected chi connectivity index (χ0v) is 18.3. The monoisotopic (exact) mass is 434 g/mol. The molecular weight excluding hydrogens is 412 g/mol. The summed E-state index contributed by atoms with van der Waals surface area (Å²) in [5.74, 6) is -0.870. The number of aliphatic hydroxyl groups excluding tert-OH is 1. The molecule has 7 heteroatoms. The van der Waals surface area contributed by atoms with Gasteiger partial charge in [0.2, 0.25) is 0 Å². The van der Waals surface area contributed by atoms with E-state index in [0.717, 1.165) is 16.0 Å². The molecule has 2 aromatic heterocycles. The molecule has 0 aliphatic carbocycles. The minimum Gasteiger partial charge on any atom is -0.507 e. The SMILES string of the molecule is COc1cc(C)c(/C(O)=C2\C(=O)C(=O)N(Cc3cccs3)C2c2ccccn2)cc1C. The first-order valence-electron chi connectivity index (χ1n) is 9.79. The number of ketones is 1. The summed E-state index contributed by atoms with van der Waals surface area (Å²) >= 11 is 1.51. The predicted molar refractivity (Wildman–Crippen MR) is 119 cm³/mol. The highest BCUT2D eigenvalue weighted by molar-refractivity contribution is 7.09. The molecule has 1 aromatic carbocycles. The van der Waals surface area contributed by atoms with Crippen LogP contribution in [0.15, 0.2) is 59.6 Å². The standard InChI is InChI=1S/C24H22N2O4S/c1-14-12-19(30-3)15(2)11-17(14)22(27)20-21(18-8-4-5-9-25-18)26(24(29)23(20)28)13-16-7-6-10-31-16/h4-12,21,27H,13H2,1-3H3/b22-20+. The van der Waals surface area contributed by atoms with Crippen LogP contribution in [0.5, 0.6) is 5.75 Å². The van der Waals surface area contributed by atoms with Gasteiger partial charge in [0.05, 0.1) is 24.9 Å². The van der Waals surface area contributed by atoms with E-state index in [9.17, 15) is 14.7 Å². The van der Waals surface area contributed by atoms with Gasteiger partial charge < -0.3 is 14.7 Å². The molecular formula is C24H22N2O4S. The van der Waals surface area contributed by atoms with Crippen LogP contribution in [-0.4, -0.2) is 33.8 Å². The first-order chi connectivity index (χ1) is 14.9. The number of aromatic nitrogens is 1. The number of pyridine rings is 1. The van der Waals surface area contributed by atoms with Crippen molar-refractivity contribution in [2.24, 2.45) is 0 Å². The number of ether oxygens (including phenoxy) is 1. The molecule has 0 bridgehead atoms. The van der Waals surface area contributed by atoms with Crippen LogP contribution in [0.3, 0.4) is 0 Å². The molecule has 3 aromatic rings. The van der Waals surface area contributed by atoms with Gasteiger partial charge in [-0.25, -0.2) is 0 Å². The van der Waals surface area contributed by atoms with Gasteiger partial charge in [0.25, 0.3) is 11.7 Å². The second kappa shape index (κ2) is 8.35. The second-order valence-electron chi connectivity index (χ2n) is 7.40. The molecule has 0 spiro atoms. The molecule has 1 saturated heterocycles. The number of rotatable bonds is 5. The Kier molecular flexibility index (Phi) is 5.61. The van der Waals surface area contributed by atoms with E-state index in [4.69, 9.17) is 4.74 Å². The fraction of sp³-hybridized carbons (Fsp3) is 0.208. The number of carbonyl (C=O) groups excluding carboxylic acids is 2. The predicted octanol–water partition coefficient (Wildman–Crippen LogP) is 4.39. The number of benzene rings is 1. The van der Waals surface area contributed by atoms with Gasteiger partial charge in [0.15, 0.2) is 0 Å². The molecule has 6 nitrogen and oxygen atoms in total. The van der Waals surface area contributed by atoms with E-state index in [-0.39, 0.29) is 17.9 Å². The van der Waals surface area contributed by atoms with Crippen molar-refractivity contribution in [3.63, 3.8) is 0 Å². The zero-order valence-electron chi connectivity index (χ0n) is 17.5. The Morgan fingerprint density at radius 1 is 1.16 bits per heavy atom. The van der Waals surface area contributed by atoms with Crippen molar-refractivity contribution in [3.8, 4) is 5.75 Å². The molecule has 1 aliphatic rings. The van der Waals surface area contributed by atoms with Crippen LogP contribution in [0.4, 0.5) is 0 Å². The highest BCUT2D eigenvalue weighted by Gasteiger charge is 2.47. The Bertz CT molecular complexity index is 1170. The highest BCUT2D eigenvalue weighted by Crippen LogP contribution is 2.40. The topological polar surface area (TPSA) is 79.7 Å². The molecule has 0 radical (unpaired) electrons. The largest absolute Gasteiger partial charge is 0.507 e. The molecule has 3 heterocycles. The number of thiophene rings is 1. The quantitative estimate of drug-likeness (QED) is 0.366. The summed E-state index contributed by atoms with van der Waals surface area (Å²) < 4.78 is 5.35. The number of amides is 1. The van der Waals surface area contributed by atoms with E-state index in [2.05, 4.69) is 4.98 Å². The Morgan fingerprint density at radius 2 is 1.97 bits per heavy atom. The third kappa shape index (κ3) is 3.72. The molecule has 158 valence electrons. The van der Waals surface area contributed by atoms with Crippen LogP contribution in [0, 0.1) is 13.8 Å². The molecule has 1 fully saturated rings. The summed E-state index contributed by atoms with van der Waals surface area (Å²) in [6, 6.07) is 11.9. The molecule has 1 N–H and O–H groups in total. The van der Waals surface area contributed by atoms with Crippen molar-refractivity contribution in [1.82, 2.24) is 9.88 Å². The van der Waals surface area contributed by atoms with Crippen LogP contribution < -0.4 is 4.74 Å². The van der Waals surface area contributed by atoms with Crippen LogP contribution in [0.25, 0.3) is 5.76 Å². The van der Waals surface area contributed by atoms with Crippen molar-refractivity contribution >= 4 is 28.8 Å². The van der Waals surface area contributed by atoms with E-state index < -0.39 is 17.7 Å². The fourth-order valence-corrected chi connectivity index (χ4v) is 4.57. The Hall–Kier alpha value is -3.45. The summed E-state index contributed by atoms with van der Waals surface area (Å²) in [6.45, 7) is 3.95. The maximum absolute atomic E-state index is 13.1. The molecule has 31 heavy (non-hydrogen) atoms. The summed E-state index contributed by atoms with van der Waals surface area (Å²) in [6.07, 6.45) is 1.61. The lowest BCUT2D eigenvalue weighted by Gasteiger charge is -2.24. The molecule has 1 aliphatic heterocycles. The number of hydrogen-bond acceptors (Lipinski definition) is 6. The first-order valence-corrected chi connectivity index (χ1v) is 10.7.